The first-order valence-electron chi connectivity index (χ1n) is 8.93. The van der Waals surface area contributed by atoms with Crippen LogP contribution in [0.3, 0.4) is 0 Å². The minimum Gasteiger partial charge on any atom is -0.496 e. The van der Waals surface area contributed by atoms with Crippen molar-refractivity contribution in [1.82, 2.24) is 0 Å². The first kappa shape index (κ1) is 21.2. The van der Waals surface area contributed by atoms with E-state index in [1.165, 1.54) is 6.08 Å². The van der Waals surface area contributed by atoms with Gasteiger partial charge in [0.2, 0.25) is 0 Å². The quantitative estimate of drug-likeness (QED) is 0.360. The fraction of sp³-hybridized carbons (Fsp3) is 0.261. The number of fused-ring (bicyclic) bond motifs is 1. The summed E-state index contributed by atoms with van der Waals surface area (Å²) >= 11 is 0. The molecule has 1 heterocycles. The Labute approximate surface area is 157 Å². The molecule has 0 bridgehead atoms. The molecule has 1 unspecified atom stereocenters. The number of methoxy groups -OCH3 is 1. The van der Waals surface area contributed by atoms with Crippen LogP contribution in [0.15, 0.2) is 78.6 Å². The Hall–Kier alpha value is -2.81. The minimum atomic E-state index is -0.269. The molecule has 1 aromatic carbocycles. The lowest BCUT2D eigenvalue weighted by atomic mass is 10.1. The van der Waals surface area contributed by atoms with Crippen molar-refractivity contribution in [2.24, 2.45) is 0 Å². The average Bonchev–Trinajstić information content (AvgIpc) is 2.70. The van der Waals surface area contributed by atoms with Crippen molar-refractivity contribution in [1.29, 1.82) is 0 Å². The molecular formula is C23H28O3. The Morgan fingerprint density at radius 3 is 2.69 bits per heavy atom. The lowest BCUT2D eigenvalue weighted by Crippen LogP contribution is -2.15. The molecule has 1 atom stereocenters. The summed E-state index contributed by atoms with van der Waals surface area (Å²) in [5.41, 5.74) is 1.51. The third-order valence-corrected chi connectivity index (χ3v) is 3.51. The zero-order valence-corrected chi connectivity index (χ0v) is 16.1. The summed E-state index contributed by atoms with van der Waals surface area (Å²) in [5, 5.41) is 0. The summed E-state index contributed by atoms with van der Waals surface area (Å²) in [6.07, 6.45) is 12.8. The maximum absolute atomic E-state index is 12.5. The smallest absolute Gasteiger partial charge is 0.189 e. The number of hydrogen-bond donors (Lipinski definition) is 0. The molecule has 0 aliphatic carbocycles. The van der Waals surface area contributed by atoms with E-state index in [0.29, 0.717) is 11.3 Å². The Balaban J connectivity index is 0.00000163. The van der Waals surface area contributed by atoms with Gasteiger partial charge in [-0.1, -0.05) is 57.7 Å². The van der Waals surface area contributed by atoms with Crippen molar-refractivity contribution < 1.29 is 14.3 Å². The topological polar surface area (TPSA) is 35.5 Å². The van der Waals surface area contributed by atoms with Gasteiger partial charge in [-0.05, 0) is 42.9 Å². The summed E-state index contributed by atoms with van der Waals surface area (Å²) in [5.74, 6) is 1.22. The third kappa shape index (κ3) is 5.92. The number of allylic oxidation sites excluding steroid dienone is 5. The summed E-state index contributed by atoms with van der Waals surface area (Å²) in [4.78, 5) is 12.5. The Morgan fingerprint density at radius 2 is 2.04 bits per heavy atom. The number of ether oxygens (including phenoxy) is 2. The zero-order valence-electron chi connectivity index (χ0n) is 16.1. The van der Waals surface area contributed by atoms with Gasteiger partial charge in [-0.25, -0.2) is 0 Å². The van der Waals surface area contributed by atoms with Crippen LogP contribution in [0.25, 0.3) is 6.08 Å². The predicted octanol–water partition coefficient (Wildman–Crippen LogP) is 5.67. The van der Waals surface area contributed by atoms with Crippen LogP contribution in [-0.4, -0.2) is 19.0 Å². The van der Waals surface area contributed by atoms with E-state index in [1.54, 1.807) is 25.3 Å². The fourth-order valence-electron chi connectivity index (χ4n) is 2.38. The number of rotatable bonds is 7. The van der Waals surface area contributed by atoms with Crippen LogP contribution in [0, 0.1) is 0 Å². The van der Waals surface area contributed by atoms with Crippen molar-refractivity contribution in [3.05, 3.63) is 84.2 Å². The largest absolute Gasteiger partial charge is 0.496 e. The number of carbonyl (C=O) groups excluding carboxylic acids is 1. The summed E-state index contributed by atoms with van der Waals surface area (Å²) in [6.45, 7) is 9.65. The molecular weight excluding hydrogens is 324 g/mol. The molecule has 0 amide bonds. The predicted molar refractivity (Wildman–Crippen MR) is 109 cm³/mol. The minimum absolute atomic E-state index is 0.146. The first-order chi connectivity index (χ1) is 12.7. The number of carbonyl (C=O) groups is 1. The standard InChI is InChI=1S/C21H22O3.C2H6/c1-4-8-18(21(23-3)9-5-2)19(22)15-14-17-13-12-16-10-6-7-11-20(16)24-17;1-2/h4,6-15,17H,1,5H2,2-3H3;1-2H3/b15-14+,18-8-,21-9+;. The van der Waals surface area contributed by atoms with Crippen LogP contribution in [0.5, 0.6) is 5.75 Å². The van der Waals surface area contributed by atoms with E-state index in [1.807, 2.05) is 63.3 Å². The molecule has 0 aromatic heterocycles. The molecule has 1 aromatic rings. The highest BCUT2D eigenvalue weighted by molar-refractivity contribution is 6.07. The lowest BCUT2D eigenvalue weighted by Gasteiger charge is -2.18. The van der Waals surface area contributed by atoms with E-state index in [9.17, 15) is 4.79 Å². The highest BCUT2D eigenvalue weighted by Crippen LogP contribution is 2.25. The van der Waals surface area contributed by atoms with E-state index in [2.05, 4.69) is 6.58 Å². The van der Waals surface area contributed by atoms with Gasteiger partial charge >= 0.3 is 0 Å². The SMILES string of the molecule is C=C/C=C(C(=O)/C=C/C1C=Cc2ccccc2O1)\C(=C/CC)OC.CC. The number of ketones is 1. The van der Waals surface area contributed by atoms with Gasteiger partial charge in [-0.15, -0.1) is 0 Å². The molecule has 1 aliphatic rings. The molecule has 0 saturated heterocycles. The van der Waals surface area contributed by atoms with Crippen molar-refractivity contribution in [2.45, 2.75) is 33.3 Å². The van der Waals surface area contributed by atoms with Gasteiger partial charge in [-0.2, -0.15) is 0 Å². The van der Waals surface area contributed by atoms with Gasteiger partial charge in [0.1, 0.15) is 17.6 Å². The molecule has 0 radical (unpaired) electrons. The Kier molecular flexibility index (Phi) is 9.55. The molecule has 2 rings (SSSR count). The normalized spacial score (nSPS) is 16.2. The zero-order chi connectivity index (χ0) is 19.4. The highest BCUT2D eigenvalue weighted by atomic mass is 16.5. The van der Waals surface area contributed by atoms with Gasteiger partial charge in [0.15, 0.2) is 5.78 Å². The van der Waals surface area contributed by atoms with Gasteiger partial charge < -0.3 is 9.47 Å². The molecule has 0 saturated carbocycles. The first-order valence-corrected chi connectivity index (χ1v) is 8.93. The molecule has 0 spiro atoms. The molecule has 0 N–H and O–H groups in total. The van der Waals surface area contributed by atoms with Gasteiger partial charge in [0.25, 0.3) is 0 Å². The van der Waals surface area contributed by atoms with Gasteiger partial charge in [-0.3, -0.25) is 4.79 Å². The van der Waals surface area contributed by atoms with Crippen molar-refractivity contribution in [3.63, 3.8) is 0 Å². The average molecular weight is 352 g/mol. The van der Waals surface area contributed by atoms with Crippen LogP contribution in [-0.2, 0) is 9.53 Å². The van der Waals surface area contributed by atoms with Crippen LogP contribution in [0.4, 0.5) is 0 Å². The number of benzene rings is 1. The number of para-hydroxylation sites is 1. The molecule has 3 nitrogen and oxygen atoms in total. The van der Waals surface area contributed by atoms with Gasteiger partial charge in [0, 0.05) is 5.56 Å². The molecule has 1 aliphatic heterocycles. The monoisotopic (exact) mass is 352 g/mol. The molecule has 0 fully saturated rings. The van der Waals surface area contributed by atoms with E-state index in [4.69, 9.17) is 9.47 Å². The second kappa shape index (κ2) is 11.7. The van der Waals surface area contributed by atoms with Crippen molar-refractivity contribution in [3.8, 4) is 5.75 Å². The second-order valence-corrected chi connectivity index (χ2v) is 5.20. The summed E-state index contributed by atoms with van der Waals surface area (Å²) in [7, 11) is 1.55. The Morgan fingerprint density at radius 1 is 1.31 bits per heavy atom. The van der Waals surface area contributed by atoms with E-state index in [0.717, 1.165) is 17.7 Å². The fourth-order valence-corrected chi connectivity index (χ4v) is 2.38. The van der Waals surface area contributed by atoms with Crippen molar-refractivity contribution >= 4 is 11.9 Å². The second-order valence-electron chi connectivity index (χ2n) is 5.20. The van der Waals surface area contributed by atoms with Crippen molar-refractivity contribution in [2.75, 3.05) is 7.11 Å². The van der Waals surface area contributed by atoms with E-state index in [-0.39, 0.29) is 11.9 Å². The highest BCUT2D eigenvalue weighted by Gasteiger charge is 2.14. The Bertz CT molecular complexity index is 721. The maximum Gasteiger partial charge on any atom is 0.189 e. The lowest BCUT2D eigenvalue weighted by molar-refractivity contribution is -0.111. The maximum atomic E-state index is 12.5. The van der Waals surface area contributed by atoms with Crippen LogP contribution in [0.2, 0.25) is 0 Å². The summed E-state index contributed by atoms with van der Waals surface area (Å²) in [6, 6.07) is 7.79. The third-order valence-electron chi connectivity index (χ3n) is 3.51. The molecule has 26 heavy (non-hydrogen) atoms. The van der Waals surface area contributed by atoms with E-state index < -0.39 is 0 Å². The number of hydrogen-bond acceptors (Lipinski definition) is 3. The van der Waals surface area contributed by atoms with Gasteiger partial charge in [0.05, 0.1) is 12.7 Å². The molecule has 3 heteroatoms. The summed E-state index contributed by atoms with van der Waals surface area (Å²) < 4.78 is 11.2. The van der Waals surface area contributed by atoms with E-state index >= 15 is 0 Å². The van der Waals surface area contributed by atoms with Crippen LogP contribution >= 0.6 is 0 Å². The van der Waals surface area contributed by atoms with Crippen LogP contribution < -0.4 is 4.74 Å². The molecule has 138 valence electrons. The van der Waals surface area contributed by atoms with Crippen LogP contribution in [0.1, 0.15) is 32.8 Å².